The van der Waals surface area contributed by atoms with Crippen molar-refractivity contribution < 1.29 is 13.9 Å². The molecule has 0 N–H and O–H groups in total. The number of unbranched alkanes of at least 4 members (excludes halogenated alkanes) is 1. The highest BCUT2D eigenvalue weighted by Crippen LogP contribution is 2.38. The molecule has 0 fully saturated rings. The maximum Gasteiger partial charge on any atom is 0.149 e. The van der Waals surface area contributed by atoms with Gasteiger partial charge in [-0.2, -0.15) is 0 Å². The van der Waals surface area contributed by atoms with E-state index in [4.69, 9.17) is 13.9 Å². The number of fused-ring (bicyclic) bond motifs is 3. The molecule has 0 aliphatic rings. The standard InChI is InChI=1S/C22H24O3/c1-5-7-13-23-19-11-9-17-18-10-12-20(24-14-8-6-2)16(4)22(18)25-21(17)15(19)3/h9-12H,5,7,13-14H2,1-4H3. The summed E-state index contributed by atoms with van der Waals surface area (Å²) in [6, 6.07) is 8.17. The molecule has 3 rings (SSSR count). The Hall–Kier alpha value is -2.60. The first kappa shape index (κ1) is 17.2. The summed E-state index contributed by atoms with van der Waals surface area (Å²) < 4.78 is 17.9. The number of benzene rings is 2. The quantitative estimate of drug-likeness (QED) is 0.422. The highest BCUT2D eigenvalue weighted by molar-refractivity contribution is 6.07. The Morgan fingerprint density at radius 3 is 2.08 bits per heavy atom. The van der Waals surface area contributed by atoms with Crippen LogP contribution in [0, 0.1) is 25.7 Å². The summed E-state index contributed by atoms with van der Waals surface area (Å²) in [5, 5.41) is 2.21. The van der Waals surface area contributed by atoms with Crippen LogP contribution in [0.4, 0.5) is 0 Å². The van der Waals surface area contributed by atoms with Crippen molar-refractivity contribution in [2.24, 2.45) is 0 Å². The van der Waals surface area contributed by atoms with Gasteiger partial charge in [0.15, 0.2) is 0 Å². The minimum Gasteiger partial charge on any atom is -0.493 e. The largest absolute Gasteiger partial charge is 0.493 e. The van der Waals surface area contributed by atoms with Gasteiger partial charge in [0.2, 0.25) is 0 Å². The van der Waals surface area contributed by atoms with Crippen LogP contribution in [-0.4, -0.2) is 13.2 Å². The van der Waals surface area contributed by atoms with Gasteiger partial charge in [0.25, 0.3) is 0 Å². The summed E-state index contributed by atoms with van der Waals surface area (Å²) in [6.45, 7) is 9.16. The molecule has 3 nitrogen and oxygen atoms in total. The number of furan rings is 1. The van der Waals surface area contributed by atoms with Gasteiger partial charge in [0.1, 0.15) is 29.3 Å². The van der Waals surface area contributed by atoms with Crippen molar-refractivity contribution in [3.05, 3.63) is 35.4 Å². The number of hydrogen-bond donors (Lipinski definition) is 0. The first-order valence-corrected chi connectivity index (χ1v) is 8.78. The van der Waals surface area contributed by atoms with E-state index in [-0.39, 0.29) is 0 Å². The van der Waals surface area contributed by atoms with Crippen molar-refractivity contribution >= 4 is 21.9 Å². The van der Waals surface area contributed by atoms with Gasteiger partial charge in [-0.15, -0.1) is 5.92 Å². The molecule has 3 heteroatoms. The lowest BCUT2D eigenvalue weighted by molar-refractivity contribution is 0.307. The fourth-order valence-corrected chi connectivity index (χ4v) is 2.96. The molecular formula is C22H24O3. The van der Waals surface area contributed by atoms with Gasteiger partial charge in [0, 0.05) is 21.9 Å². The number of hydrogen-bond acceptors (Lipinski definition) is 3. The Morgan fingerprint density at radius 2 is 1.52 bits per heavy atom. The average molecular weight is 336 g/mol. The molecule has 0 atom stereocenters. The Bertz CT molecular complexity index is 954. The summed E-state index contributed by atoms with van der Waals surface area (Å²) in [6.07, 6.45) is 2.17. The van der Waals surface area contributed by atoms with Crippen LogP contribution in [0.5, 0.6) is 11.5 Å². The zero-order valence-corrected chi connectivity index (χ0v) is 15.4. The molecule has 130 valence electrons. The second kappa shape index (κ2) is 7.53. The van der Waals surface area contributed by atoms with Crippen LogP contribution in [-0.2, 0) is 0 Å². The first-order valence-electron chi connectivity index (χ1n) is 8.78. The van der Waals surface area contributed by atoms with Gasteiger partial charge in [-0.1, -0.05) is 19.3 Å². The van der Waals surface area contributed by atoms with Crippen molar-refractivity contribution in [1.82, 2.24) is 0 Å². The Kier molecular flexibility index (Phi) is 5.19. The van der Waals surface area contributed by atoms with Crippen molar-refractivity contribution in [3.8, 4) is 23.3 Å². The summed E-state index contributed by atoms with van der Waals surface area (Å²) in [4.78, 5) is 0. The third-order valence-corrected chi connectivity index (χ3v) is 4.44. The molecule has 0 unspecified atom stereocenters. The maximum absolute atomic E-state index is 6.21. The first-order chi connectivity index (χ1) is 12.2. The van der Waals surface area contributed by atoms with Gasteiger partial charge in [-0.05, 0) is 51.5 Å². The van der Waals surface area contributed by atoms with Gasteiger partial charge in [-0.3, -0.25) is 0 Å². The fourth-order valence-electron chi connectivity index (χ4n) is 2.96. The zero-order valence-electron chi connectivity index (χ0n) is 15.4. The highest BCUT2D eigenvalue weighted by Gasteiger charge is 2.16. The molecule has 0 aliphatic carbocycles. The van der Waals surface area contributed by atoms with Crippen LogP contribution in [0.25, 0.3) is 21.9 Å². The summed E-state index contributed by atoms with van der Waals surface area (Å²) in [5.74, 6) is 7.47. The van der Waals surface area contributed by atoms with E-state index in [0.717, 1.165) is 64.0 Å². The lowest BCUT2D eigenvalue weighted by atomic mass is 10.1. The summed E-state index contributed by atoms with van der Waals surface area (Å²) in [5.41, 5.74) is 3.80. The van der Waals surface area contributed by atoms with E-state index < -0.39 is 0 Å². The Balaban J connectivity index is 2.03. The highest BCUT2D eigenvalue weighted by atomic mass is 16.5. The number of ether oxygens (including phenoxy) is 2. The predicted molar refractivity (Wildman–Crippen MR) is 103 cm³/mol. The molecule has 1 aromatic heterocycles. The lowest BCUT2D eigenvalue weighted by Crippen LogP contribution is -1.98. The van der Waals surface area contributed by atoms with Crippen LogP contribution in [0.2, 0.25) is 0 Å². The van der Waals surface area contributed by atoms with Crippen LogP contribution in [0.3, 0.4) is 0 Å². The topological polar surface area (TPSA) is 31.6 Å². The summed E-state index contributed by atoms with van der Waals surface area (Å²) in [7, 11) is 0. The smallest absolute Gasteiger partial charge is 0.149 e. The molecule has 2 aromatic carbocycles. The van der Waals surface area contributed by atoms with Gasteiger partial charge in [-0.25, -0.2) is 0 Å². The lowest BCUT2D eigenvalue weighted by Gasteiger charge is -2.08. The SMILES string of the molecule is CC#CCOc1ccc2c(oc3c(C)c(OCCCC)ccc32)c1C. The van der Waals surface area contributed by atoms with Crippen molar-refractivity contribution in [1.29, 1.82) is 0 Å². The molecule has 3 aromatic rings. The molecule has 0 saturated heterocycles. The minimum atomic E-state index is 0.386. The fraction of sp³-hybridized carbons (Fsp3) is 0.364. The third kappa shape index (κ3) is 3.30. The van der Waals surface area contributed by atoms with Crippen molar-refractivity contribution in [2.45, 2.75) is 40.5 Å². The van der Waals surface area contributed by atoms with Gasteiger partial charge in [0.05, 0.1) is 6.61 Å². The molecule has 1 heterocycles. The molecular weight excluding hydrogens is 312 g/mol. The van der Waals surface area contributed by atoms with E-state index in [9.17, 15) is 0 Å². The molecule has 25 heavy (non-hydrogen) atoms. The van der Waals surface area contributed by atoms with E-state index >= 15 is 0 Å². The molecule has 0 amide bonds. The van der Waals surface area contributed by atoms with E-state index in [2.05, 4.69) is 37.8 Å². The Labute approximate surface area is 148 Å². The van der Waals surface area contributed by atoms with Crippen LogP contribution in [0.1, 0.15) is 37.8 Å². The normalized spacial score (nSPS) is 10.7. The number of aryl methyl sites for hydroxylation is 2. The van der Waals surface area contributed by atoms with Crippen LogP contribution >= 0.6 is 0 Å². The maximum atomic E-state index is 6.21. The van der Waals surface area contributed by atoms with E-state index in [1.54, 1.807) is 0 Å². The van der Waals surface area contributed by atoms with E-state index in [1.165, 1.54) is 0 Å². The molecule has 0 spiro atoms. The Morgan fingerprint density at radius 1 is 0.920 bits per heavy atom. The van der Waals surface area contributed by atoms with E-state index in [0.29, 0.717) is 6.61 Å². The molecule has 0 aliphatic heterocycles. The monoisotopic (exact) mass is 336 g/mol. The van der Waals surface area contributed by atoms with Crippen LogP contribution < -0.4 is 9.47 Å². The second-order valence-electron chi connectivity index (χ2n) is 6.15. The molecule has 0 saturated carbocycles. The third-order valence-electron chi connectivity index (χ3n) is 4.44. The van der Waals surface area contributed by atoms with Gasteiger partial charge >= 0.3 is 0 Å². The van der Waals surface area contributed by atoms with Crippen LogP contribution in [0.15, 0.2) is 28.7 Å². The minimum absolute atomic E-state index is 0.386. The predicted octanol–water partition coefficient (Wildman–Crippen LogP) is 5.78. The van der Waals surface area contributed by atoms with E-state index in [1.807, 2.05) is 26.0 Å². The molecule has 0 radical (unpaired) electrons. The van der Waals surface area contributed by atoms with Gasteiger partial charge < -0.3 is 13.9 Å². The second-order valence-corrected chi connectivity index (χ2v) is 6.15. The zero-order chi connectivity index (χ0) is 17.8. The van der Waals surface area contributed by atoms with Crippen molar-refractivity contribution in [2.75, 3.05) is 13.2 Å². The van der Waals surface area contributed by atoms with Crippen molar-refractivity contribution in [3.63, 3.8) is 0 Å². The average Bonchev–Trinajstić information content (AvgIpc) is 3.00. The summed E-state index contributed by atoms with van der Waals surface area (Å²) >= 11 is 0. The number of rotatable bonds is 6. The molecule has 0 bridgehead atoms.